The summed E-state index contributed by atoms with van der Waals surface area (Å²) in [5.41, 5.74) is -0.435. The summed E-state index contributed by atoms with van der Waals surface area (Å²) in [5.74, 6) is 0.467. The molecule has 33 heavy (non-hydrogen) atoms. The minimum atomic E-state index is -4.55. The summed E-state index contributed by atoms with van der Waals surface area (Å²) in [4.78, 5) is 17.7. The molecule has 9 heteroatoms. The maximum absolute atomic E-state index is 13.3. The van der Waals surface area contributed by atoms with Crippen LogP contribution in [-0.2, 0) is 6.18 Å². The highest BCUT2D eigenvalue weighted by molar-refractivity contribution is 6.30. The van der Waals surface area contributed by atoms with Crippen LogP contribution in [0.15, 0.2) is 76.6 Å². The Kier molecular flexibility index (Phi) is 6.20. The Bertz CT molecular complexity index is 1410. The van der Waals surface area contributed by atoms with Crippen molar-refractivity contribution in [2.75, 3.05) is 6.61 Å². The third-order valence-corrected chi connectivity index (χ3v) is 5.02. The Morgan fingerprint density at radius 1 is 1.09 bits per heavy atom. The van der Waals surface area contributed by atoms with Crippen molar-refractivity contribution >= 4 is 28.7 Å². The van der Waals surface area contributed by atoms with Crippen molar-refractivity contribution in [3.8, 4) is 17.1 Å². The average molecular weight is 472 g/mol. The summed E-state index contributed by atoms with van der Waals surface area (Å²) >= 11 is 6.09. The minimum absolute atomic E-state index is 0.0268. The van der Waals surface area contributed by atoms with Crippen LogP contribution in [0.1, 0.15) is 18.1 Å². The van der Waals surface area contributed by atoms with Crippen LogP contribution in [-0.4, -0.2) is 22.5 Å². The van der Waals surface area contributed by atoms with Gasteiger partial charge in [0.2, 0.25) is 0 Å². The van der Waals surface area contributed by atoms with Gasteiger partial charge in [0.05, 0.1) is 29.3 Å². The van der Waals surface area contributed by atoms with E-state index in [1.165, 1.54) is 18.3 Å². The molecule has 0 aliphatic carbocycles. The molecule has 0 fully saturated rings. The summed E-state index contributed by atoms with van der Waals surface area (Å²) in [6.07, 6.45) is -3.18. The minimum Gasteiger partial charge on any atom is -0.493 e. The molecule has 5 nitrogen and oxygen atoms in total. The molecule has 0 unspecified atom stereocenters. The smallest absolute Gasteiger partial charge is 0.416 e. The molecule has 0 radical (unpaired) electrons. The zero-order valence-electron chi connectivity index (χ0n) is 17.3. The van der Waals surface area contributed by atoms with Crippen LogP contribution in [0, 0.1) is 0 Å². The van der Waals surface area contributed by atoms with Crippen LogP contribution in [0.2, 0.25) is 5.02 Å². The third-order valence-electron chi connectivity index (χ3n) is 4.79. The monoisotopic (exact) mass is 471 g/mol. The molecule has 0 spiro atoms. The number of hydrogen-bond donors (Lipinski definition) is 0. The van der Waals surface area contributed by atoms with Crippen molar-refractivity contribution in [3.63, 3.8) is 0 Å². The predicted molar refractivity (Wildman–Crippen MR) is 122 cm³/mol. The maximum atomic E-state index is 13.3. The molecular formula is C24H17ClF3N3O2. The van der Waals surface area contributed by atoms with E-state index >= 15 is 0 Å². The zero-order chi connectivity index (χ0) is 23.6. The fourth-order valence-electron chi connectivity index (χ4n) is 3.28. The van der Waals surface area contributed by atoms with Crippen molar-refractivity contribution in [1.29, 1.82) is 0 Å². The fourth-order valence-corrected chi connectivity index (χ4v) is 3.46. The molecule has 1 heterocycles. The molecule has 0 aliphatic heterocycles. The van der Waals surface area contributed by atoms with Gasteiger partial charge >= 0.3 is 6.18 Å². The molecule has 4 aromatic rings. The van der Waals surface area contributed by atoms with Crippen LogP contribution in [0.3, 0.4) is 0 Å². The van der Waals surface area contributed by atoms with Gasteiger partial charge in [-0.05, 0) is 49.4 Å². The van der Waals surface area contributed by atoms with Gasteiger partial charge in [-0.3, -0.25) is 4.79 Å². The molecule has 0 saturated heterocycles. The average Bonchev–Trinajstić information content (AvgIpc) is 2.79. The summed E-state index contributed by atoms with van der Waals surface area (Å²) in [7, 11) is 0. The first-order valence-electron chi connectivity index (χ1n) is 9.94. The van der Waals surface area contributed by atoms with E-state index < -0.39 is 17.3 Å². The van der Waals surface area contributed by atoms with Crippen LogP contribution in [0.4, 0.5) is 13.2 Å². The Balaban J connectivity index is 1.94. The number of nitrogens with zero attached hydrogens (tertiary/aromatic N) is 3. The highest BCUT2D eigenvalue weighted by atomic mass is 35.5. The van der Waals surface area contributed by atoms with E-state index in [1.807, 2.05) is 6.92 Å². The van der Waals surface area contributed by atoms with Gasteiger partial charge in [-0.2, -0.15) is 22.9 Å². The van der Waals surface area contributed by atoms with E-state index in [-0.39, 0.29) is 16.8 Å². The lowest BCUT2D eigenvalue weighted by Gasteiger charge is -2.12. The topological polar surface area (TPSA) is 56.5 Å². The first-order chi connectivity index (χ1) is 15.8. The molecule has 0 amide bonds. The second-order valence-electron chi connectivity index (χ2n) is 7.01. The first-order valence-corrected chi connectivity index (χ1v) is 10.3. The van der Waals surface area contributed by atoms with Crippen molar-refractivity contribution in [2.45, 2.75) is 13.1 Å². The van der Waals surface area contributed by atoms with Crippen LogP contribution < -0.4 is 10.3 Å². The molecular weight excluding hydrogens is 455 g/mol. The van der Waals surface area contributed by atoms with Gasteiger partial charge < -0.3 is 4.74 Å². The first kappa shape index (κ1) is 22.5. The molecule has 0 bridgehead atoms. The number of aromatic nitrogens is 2. The van der Waals surface area contributed by atoms with E-state index in [4.69, 9.17) is 16.3 Å². The second kappa shape index (κ2) is 9.07. The fraction of sp³-hybridized carbons (Fsp3) is 0.125. The van der Waals surface area contributed by atoms with Gasteiger partial charge in [0, 0.05) is 16.1 Å². The molecule has 0 aliphatic rings. The van der Waals surface area contributed by atoms with E-state index in [0.717, 1.165) is 16.8 Å². The number of hydrogen-bond acceptors (Lipinski definition) is 4. The number of para-hydroxylation sites is 1. The van der Waals surface area contributed by atoms with Crippen LogP contribution in [0.5, 0.6) is 5.75 Å². The van der Waals surface area contributed by atoms with Crippen LogP contribution >= 0.6 is 11.6 Å². The number of alkyl halides is 3. The molecule has 4 rings (SSSR count). The molecule has 3 aromatic carbocycles. The second-order valence-corrected chi connectivity index (χ2v) is 7.44. The standard InChI is InChI=1S/C24H17ClF3N3O2/c1-2-33-21-11-10-18(25)13-16(21)14-29-31-22(15-6-5-7-17(12-15)24(26,27)28)30-20-9-4-3-8-19(20)23(31)32/h3-14H,2H2,1H3. The summed E-state index contributed by atoms with van der Waals surface area (Å²) < 4.78 is 46.4. The van der Waals surface area contributed by atoms with E-state index in [2.05, 4.69) is 10.1 Å². The highest BCUT2D eigenvalue weighted by Crippen LogP contribution is 2.32. The summed E-state index contributed by atoms with van der Waals surface area (Å²) in [5, 5.41) is 4.99. The molecule has 0 atom stereocenters. The summed E-state index contributed by atoms with van der Waals surface area (Å²) in [6.45, 7) is 2.22. The zero-order valence-corrected chi connectivity index (χ0v) is 18.1. The quantitative estimate of drug-likeness (QED) is 0.335. The van der Waals surface area contributed by atoms with E-state index in [1.54, 1.807) is 42.5 Å². The van der Waals surface area contributed by atoms with E-state index in [0.29, 0.717) is 28.5 Å². The van der Waals surface area contributed by atoms with Crippen molar-refractivity contribution < 1.29 is 17.9 Å². The number of benzene rings is 3. The lowest BCUT2D eigenvalue weighted by Crippen LogP contribution is -2.20. The van der Waals surface area contributed by atoms with Crippen LogP contribution in [0.25, 0.3) is 22.3 Å². The van der Waals surface area contributed by atoms with Crippen molar-refractivity contribution in [1.82, 2.24) is 9.66 Å². The highest BCUT2D eigenvalue weighted by Gasteiger charge is 2.31. The van der Waals surface area contributed by atoms with Gasteiger partial charge in [-0.1, -0.05) is 35.9 Å². The number of rotatable bonds is 5. The largest absolute Gasteiger partial charge is 0.493 e. The molecule has 0 N–H and O–H groups in total. The lowest BCUT2D eigenvalue weighted by molar-refractivity contribution is -0.137. The Morgan fingerprint density at radius 3 is 2.64 bits per heavy atom. The number of ether oxygens (including phenoxy) is 1. The Labute approximate surface area is 191 Å². The number of halogens is 4. The van der Waals surface area contributed by atoms with Gasteiger partial charge in [0.1, 0.15) is 5.75 Å². The van der Waals surface area contributed by atoms with Gasteiger partial charge in [0.15, 0.2) is 5.82 Å². The maximum Gasteiger partial charge on any atom is 0.416 e. The normalized spacial score (nSPS) is 11.9. The third kappa shape index (κ3) is 4.75. The Morgan fingerprint density at radius 2 is 1.88 bits per heavy atom. The van der Waals surface area contributed by atoms with Crippen molar-refractivity contribution in [2.24, 2.45) is 5.10 Å². The predicted octanol–water partition coefficient (Wildman–Crippen LogP) is 6.02. The summed E-state index contributed by atoms with van der Waals surface area (Å²) in [6, 6.07) is 16.1. The van der Waals surface area contributed by atoms with Gasteiger partial charge in [0.25, 0.3) is 5.56 Å². The Hall–Kier alpha value is -3.65. The SMILES string of the molecule is CCOc1ccc(Cl)cc1C=Nn1c(-c2cccc(C(F)(F)F)c2)nc2ccccc2c1=O. The number of fused-ring (bicyclic) bond motifs is 1. The van der Waals surface area contributed by atoms with Crippen molar-refractivity contribution in [3.05, 3.63) is 93.2 Å². The van der Waals surface area contributed by atoms with E-state index in [9.17, 15) is 18.0 Å². The molecule has 1 aromatic heterocycles. The van der Waals surface area contributed by atoms with Gasteiger partial charge in [-0.15, -0.1) is 0 Å². The molecule has 168 valence electrons. The molecule has 0 saturated carbocycles. The lowest BCUT2D eigenvalue weighted by atomic mass is 10.1. The van der Waals surface area contributed by atoms with Gasteiger partial charge in [-0.25, -0.2) is 4.98 Å².